The van der Waals surface area contributed by atoms with Gasteiger partial charge >= 0.3 is 0 Å². The third-order valence-electron chi connectivity index (χ3n) is 2.84. The molecule has 1 aromatic carbocycles. The van der Waals surface area contributed by atoms with E-state index in [2.05, 4.69) is 10.6 Å². The molecule has 0 fully saturated rings. The maximum absolute atomic E-state index is 13.5. The zero-order valence-electron chi connectivity index (χ0n) is 11.9. The standard InChI is InChI=1S/C14H18F2N2O2/c1-14(2,3)11(13(20)17-4)18-12(19)10-8(15)6-5-7-9(10)16/h5-7,11H,1-4H3,(H,17,20)(H,18,19)/t11-/m1/s1. The van der Waals surface area contributed by atoms with Gasteiger partial charge in [0.2, 0.25) is 5.91 Å². The fourth-order valence-electron chi connectivity index (χ4n) is 1.74. The van der Waals surface area contributed by atoms with E-state index in [0.717, 1.165) is 12.1 Å². The van der Waals surface area contributed by atoms with Crippen LogP contribution in [0.2, 0.25) is 0 Å². The molecule has 0 aliphatic carbocycles. The zero-order valence-corrected chi connectivity index (χ0v) is 11.9. The second-order valence-electron chi connectivity index (χ2n) is 5.48. The van der Waals surface area contributed by atoms with Gasteiger partial charge in [-0.2, -0.15) is 0 Å². The molecule has 0 aromatic heterocycles. The Labute approximate surface area is 116 Å². The van der Waals surface area contributed by atoms with Gasteiger partial charge in [-0.05, 0) is 17.5 Å². The van der Waals surface area contributed by atoms with Crippen LogP contribution in [-0.4, -0.2) is 24.9 Å². The summed E-state index contributed by atoms with van der Waals surface area (Å²) < 4.78 is 27.1. The highest BCUT2D eigenvalue weighted by Crippen LogP contribution is 2.21. The molecule has 20 heavy (non-hydrogen) atoms. The van der Waals surface area contributed by atoms with E-state index in [1.807, 2.05) is 0 Å². The van der Waals surface area contributed by atoms with Crippen molar-refractivity contribution in [2.75, 3.05) is 7.05 Å². The van der Waals surface area contributed by atoms with Crippen LogP contribution in [0.15, 0.2) is 18.2 Å². The number of carbonyl (C=O) groups excluding carboxylic acids is 2. The number of amides is 2. The molecule has 0 saturated heterocycles. The molecule has 2 N–H and O–H groups in total. The van der Waals surface area contributed by atoms with Crippen LogP contribution in [0.3, 0.4) is 0 Å². The summed E-state index contributed by atoms with van der Waals surface area (Å²) in [6.45, 7) is 5.22. The number of halogens is 2. The number of rotatable bonds is 3. The lowest BCUT2D eigenvalue weighted by molar-refractivity contribution is -0.124. The van der Waals surface area contributed by atoms with E-state index in [-0.39, 0.29) is 0 Å². The molecule has 0 spiro atoms. The van der Waals surface area contributed by atoms with Crippen LogP contribution in [0.5, 0.6) is 0 Å². The molecule has 0 bridgehead atoms. The maximum atomic E-state index is 13.5. The Bertz CT molecular complexity index is 504. The maximum Gasteiger partial charge on any atom is 0.257 e. The van der Waals surface area contributed by atoms with E-state index in [0.29, 0.717) is 0 Å². The number of nitrogens with one attached hydrogen (secondary N) is 2. The number of hydrogen-bond donors (Lipinski definition) is 2. The Morgan fingerprint density at radius 1 is 1.15 bits per heavy atom. The van der Waals surface area contributed by atoms with E-state index in [9.17, 15) is 18.4 Å². The van der Waals surface area contributed by atoms with Gasteiger partial charge in [-0.15, -0.1) is 0 Å². The van der Waals surface area contributed by atoms with Crippen LogP contribution in [0.1, 0.15) is 31.1 Å². The number of likely N-dealkylation sites (N-methyl/N-ethyl adjacent to an activating group) is 1. The fraction of sp³-hybridized carbons (Fsp3) is 0.429. The molecule has 1 rings (SSSR count). The Kier molecular flexibility index (Phi) is 4.81. The van der Waals surface area contributed by atoms with Crippen molar-refractivity contribution in [3.63, 3.8) is 0 Å². The Hall–Kier alpha value is -1.98. The highest BCUT2D eigenvalue weighted by atomic mass is 19.1. The molecular formula is C14H18F2N2O2. The third-order valence-corrected chi connectivity index (χ3v) is 2.84. The summed E-state index contributed by atoms with van der Waals surface area (Å²) in [4.78, 5) is 23.8. The average Bonchev–Trinajstić information content (AvgIpc) is 2.33. The predicted molar refractivity (Wildman–Crippen MR) is 71.1 cm³/mol. The summed E-state index contributed by atoms with van der Waals surface area (Å²) in [5.41, 5.74) is -1.29. The molecule has 0 heterocycles. The Morgan fingerprint density at radius 2 is 1.65 bits per heavy atom. The highest BCUT2D eigenvalue weighted by molar-refractivity contribution is 5.98. The lowest BCUT2D eigenvalue weighted by Gasteiger charge is -2.29. The van der Waals surface area contributed by atoms with Crippen LogP contribution < -0.4 is 10.6 Å². The van der Waals surface area contributed by atoms with Crippen molar-refractivity contribution in [3.8, 4) is 0 Å². The minimum atomic E-state index is -0.966. The molecule has 0 saturated carbocycles. The largest absolute Gasteiger partial charge is 0.357 e. The van der Waals surface area contributed by atoms with E-state index < -0.39 is 40.5 Å². The van der Waals surface area contributed by atoms with Crippen LogP contribution >= 0.6 is 0 Å². The monoisotopic (exact) mass is 284 g/mol. The molecule has 0 radical (unpaired) electrons. The summed E-state index contributed by atoms with van der Waals surface area (Å²) in [5, 5.41) is 4.79. The summed E-state index contributed by atoms with van der Waals surface area (Å²) in [6, 6.07) is 2.24. The first kappa shape index (κ1) is 16.1. The van der Waals surface area contributed by atoms with Crippen molar-refractivity contribution in [1.82, 2.24) is 10.6 Å². The molecule has 0 aliphatic rings. The van der Waals surface area contributed by atoms with Gasteiger partial charge < -0.3 is 10.6 Å². The van der Waals surface area contributed by atoms with Gasteiger partial charge in [0.15, 0.2) is 0 Å². The third kappa shape index (κ3) is 3.53. The van der Waals surface area contributed by atoms with Crippen molar-refractivity contribution in [2.45, 2.75) is 26.8 Å². The second-order valence-corrected chi connectivity index (χ2v) is 5.48. The van der Waals surface area contributed by atoms with Crippen LogP contribution in [0, 0.1) is 17.0 Å². The molecule has 4 nitrogen and oxygen atoms in total. The van der Waals surface area contributed by atoms with Gasteiger partial charge in [0.05, 0.1) is 0 Å². The summed E-state index contributed by atoms with van der Waals surface area (Å²) in [7, 11) is 1.43. The first-order valence-corrected chi connectivity index (χ1v) is 6.15. The van der Waals surface area contributed by atoms with E-state index in [1.165, 1.54) is 13.1 Å². The topological polar surface area (TPSA) is 58.2 Å². The van der Waals surface area contributed by atoms with Crippen LogP contribution in [-0.2, 0) is 4.79 Å². The summed E-state index contributed by atoms with van der Waals surface area (Å²) in [5.74, 6) is -3.31. The van der Waals surface area contributed by atoms with Gasteiger partial charge in [0, 0.05) is 7.05 Å². The number of carbonyl (C=O) groups is 2. The smallest absolute Gasteiger partial charge is 0.257 e. The van der Waals surface area contributed by atoms with Gasteiger partial charge in [0.1, 0.15) is 23.2 Å². The highest BCUT2D eigenvalue weighted by Gasteiger charge is 2.33. The molecule has 1 aromatic rings. The van der Waals surface area contributed by atoms with E-state index in [4.69, 9.17) is 0 Å². The lowest BCUT2D eigenvalue weighted by Crippen LogP contribution is -2.53. The van der Waals surface area contributed by atoms with Crippen molar-refractivity contribution in [2.24, 2.45) is 5.41 Å². The zero-order chi connectivity index (χ0) is 15.5. The molecular weight excluding hydrogens is 266 g/mol. The molecule has 0 unspecified atom stereocenters. The van der Waals surface area contributed by atoms with Gasteiger partial charge in [-0.25, -0.2) is 8.78 Å². The van der Waals surface area contributed by atoms with Crippen molar-refractivity contribution < 1.29 is 18.4 Å². The van der Waals surface area contributed by atoms with Gasteiger partial charge in [0.25, 0.3) is 5.91 Å². The minimum Gasteiger partial charge on any atom is -0.357 e. The second kappa shape index (κ2) is 5.98. The van der Waals surface area contributed by atoms with Crippen molar-refractivity contribution >= 4 is 11.8 Å². The van der Waals surface area contributed by atoms with Gasteiger partial charge in [-0.1, -0.05) is 26.8 Å². The van der Waals surface area contributed by atoms with Crippen LogP contribution in [0.25, 0.3) is 0 Å². The summed E-state index contributed by atoms with van der Waals surface area (Å²) >= 11 is 0. The molecule has 2 amide bonds. The summed E-state index contributed by atoms with van der Waals surface area (Å²) in [6.07, 6.45) is 0. The molecule has 110 valence electrons. The first-order chi connectivity index (χ1) is 9.18. The Morgan fingerprint density at radius 3 is 2.05 bits per heavy atom. The SMILES string of the molecule is CNC(=O)[C@@H](NC(=O)c1c(F)cccc1F)C(C)(C)C. The van der Waals surface area contributed by atoms with E-state index >= 15 is 0 Å². The number of hydrogen-bond acceptors (Lipinski definition) is 2. The Balaban J connectivity index is 3.06. The minimum absolute atomic E-state index is 0.428. The fourth-order valence-corrected chi connectivity index (χ4v) is 1.74. The van der Waals surface area contributed by atoms with Crippen molar-refractivity contribution in [3.05, 3.63) is 35.4 Å². The first-order valence-electron chi connectivity index (χ1n) is 6.15. The predicted octanol–water partition coefficient (Wildman–Crippen LogP) is 1.86. The molecule has 0 aliphatic heterocycles. The quantitative estimate of drug-likeness (QED) is 0.890. The molecule has 6 heteroatoms. The average molecular weight is 284 g/mol. The van der Waals surface area contributed by atoms with Crippen molar-refractivity contribution in [1.29, 1.82) is 0 Å². The van der Waals surface area contributed by atoms with Gasteiger partial charge in [-0.3, -0.25) is 9.59 Å². The molecule has 1 atom stereocenters. The van der Waals surface area contributed by atoms with E-state index in [1.54, 1.807) is 20.8 Å². The lowest BCUT2D eigenvalue weighted by atomic mass is 9.86. The van der Waals surface area contributed by atoms with Crippen LogP contribution in [0.4, 0.5) is 8.78 Å². The normalized spacial score (nSPS) is 12.7. The number of benzene rings is 1.